The molecule has 0 spiro atoms. The van der Waals surface area contributed by atoms with Crippen LogP contribution in [0.15, 0.2) is 24.3 Å². The van der Waals surface area contributed by atoms with Gasteiger partial charge in [0.15, 0.2) is 0 Å². The number of halogens is 1. The quantitative estimate of drug-likeness (QED) is 0.680. The van der Waals surface area contributed by atoms with E-state index < -0.39 is 10.0 Å². The maximum atomic E-state index is 11.8. The molecule has 0 fully saturated rings. The van der Waals surface area contributed by atoms with E-state index >= 15 is 0 Å². The Labute approximate surface area is 132 Å². The molecule has 0 saturated heterocycles. The number of carbonyl (C=O) groups is 1. The van der Waals surface area contributed by atoms with E-state index in [1.54, 1.807) is 31.2 Å². The second kappa shape index (κ2) is 8.99. The molecule has 21 heavy (non-hydrogen) atoms. The maximum absolute atomic E-state index is 11.8. The molecule has 0 bridgehead atoms. The molecule has 0 aromatic heterocycles. The average molecular weight is 336 g/mol. The number of hydrogen-bond donors (Lipinski definition) is 3. The summed E-state index contributed by atoms with van der Waals surface area (Å²) in [5.41, 5.74) is 6.75. The van der Waals surface area contributed by atoms with Gasteiger partial charge in [-0.3, -0.25) is 4.79 Å². The van der Waals surface area contributed by atoms with Crippen molar-refractivity contribution >= 4 is 28.3 Å². The smallest absolute Gasteiger partial charge is 0.251 e. The molecule has 1 aromatic rings. The van der Waals surface area contributed by atoms with Gasteiger partial charge in [-0.05, 0) is 31.5 Å². The molecule has 1 aromatic carbocycles. The Hall–Kier alpha value is -1.15. The summed E-state index contributed by atoms with van der Waals surface area (Å²) >= 11 is 0. The zero-order valence-electron chi connectivity index (χ0n) is 12.1. The molecular formula is C13H22ClN3O3S. The predicted octanol–water partition coefficient (Wildman–Crippen LogP) is 0.625. The SMILES string of the molecule is CCS(=O)(=O)NCc1ccc(C(=O)N[C@@H](C)CN)cc1.Cl. The highest BCUT2D eigenvalue weighted by molar-refractivity contribution is 7.89. The van der Waals surface area contributed by atoms with Crippen LogP contribution in [0.5, 0.6) is 0 Å². The summed E-state index contributed by atoms with van der Waals surface area (Å²) < 4.78 is 25.1. The lowest BCUT2D eigenvalue weighted by atomic mass is 10.1. The van der Waals surface area contributed by atoms with Gasteiger partial charge in [0.2, 0.25) is 10.0 Å². The minimum absolute atomic E-state index is 0. The molecule has 0 aliphatic heterocycles. The number of amides is 1. The zero-order chi connectivity index (χ0) is 15.2. The Kier molecular flexibility index (Phi) is 8.50. The van der Waals surface area contributed by atoms with Gasteiger partial charge in [-0.1, -0.05) is 12.1 Å². The third kappa shape index (κ3) is 6.90. The second-order valence-electron chi connectivity index (χ2n) is 4.53. The van der Waals surface area contributed by atoms with Crippen molar-refractivity contribution in [2.75, 3.05) is 12.3 Å². The van der Waals surface area contributed by atoms with Crippen molar-refractivity contribution in [3.8, 4) is 0 Å². The highest BCUT2D eigenvalue weighted by Crippen LogP contribution is 2.05. The molecule has 1 atom stereocenters. The highest BCUT2D eigenvalue weighted by Gasteiger charge is 2.09. The molecule has 0 aliphatic rings. The van der Waals surface area contributed by atoms with Crippen LogP contribution >= 0.6 is 12.4 Å². The van der Waals surface area contributed by atoms with Crippen molar-refractivity contribution in [3.63, 3.8) is 0 Å². The summed E-state index contributed by atoms with van der Waals surface area (Å²) in [6.07, 6.45) is 0. The number of rotatable bonds is 7. The fourth-order valence-corrected chi connectivity index (χ4v) is 2.03. The van der Waals surface area contributed by atoms with Crippen molar-refractivity contribution in [2.24, 2.45) is 5.73 Å². The lowest BCUT2D eigenvalue weighted by Crippen LogP contribution is -2.37. The molecule has 0 aliphatic carbocycles. The first kappa shape index (κ1) is 19.9. The Balaban J connectivity index is 0.00000400. The number of nitrogens with one attached hydrogen (secondary N) is 2. The highest BCUT2D eigenvalue weighted by atomic mass is 35.5. The molecule has 0 heterocycles. The van der Waals surface area contributed by atoms with Crippen LogP contribution in [-0.4, -0.2) is 32.7 Å². The van der Waals surface area contributed by atoms with Gasteiger partial charge < -0.3 is 11.1 Å². The number of carbonyl (C=O) groups excluding carboxylic acids is 1. The first-order chi connectivity index (χ1) is 9.38. The van der Waals surface area contributed by atoms with Gasteiger partial charge in [-0.2, -0.15) is 0 Å². The van der Waals surface area contributed by atoms with Crippen LogP contribution < -0.4 is 15.8 Å². The average Bonchev–Trinajstić information content (AvgIpc) is 2.45. The van der Waals surface area contributed by atoms with E-state index in [0.29, 0.717) is 12.1 Å². The van der Waals surface area contributed by atoms with Gasteiger partial charge in [0.05, 0.1) is 5.75 Å². The lowest BCUT2D eigenvalue weighted by molar-refractivity contribution is 0.0941. The van der Waals surface area contributed by atoms with Gasteiger partial charge >= 0.3 is 0 Å². The summed E-state index contributed by atoms with van der Waals surface area (Å²) in [4.78, 5) is 11.8. The Morgan fingerprint density at radius 2 is 1.86 bits per heavy atom. The van der Waals surface area contributed by atoms with E-state index in [2.05, 4.69) is 10.0 Å². The number of benzene rings is 1. The van der Waals surface area contributed by atoms with Crippen molar-refractivity contribution < 1.29 is 13.2 Å². The fraction of sp³-hybridized carbons (Fsp3) is 0.462. The number of hydrogen-bond acceptors (Lipinski definition) is 4. The van der Waals surface area contributed by atoms with Gasteiger partial charge in [0.25, 0.3) is 5.91 Å². The van der Waals surface area contributed by atoms with Crippen molar-refractivity contribution in [3.05, 3.63) is 35.4 Å². The third-order valence-corrected chi connectivity index (χ3v) is 4.17. The monoisotopic (exact) mass is 335 g/mol. The zero-order valence-corrected chi connectivity index (χ0v) is 13.8. The van der Waals surface area contributed by atoms with E-state index in [1.807, 2.05) is 6.92 Å². The van der Waals surface area contributed by atoms with E-state index in [-0.39, 0.29) is 36.7 Å². The lowest BCUT2D eigenvalue weighted by Gasteiger charge is -2.11. The summed E-state index contributed by atoms with van der Waals surface area (Å²) in [6.45, 7) is 4.00. The van der Waals surface area contributed by atoms with Crippen LogP contribution in [0.3, 0.4) is 0 Å². The van der Waals surface area contributed by atoms with Crippen molar-refractivity contribution in [2.45, 2.75) is 26.4 Å². The largest absolute Gasteiger partial charge is 0.348 e. The number of sulfonamides is 1. The summed E-state index contributed by atoms with van der Waals surface area (Å²) in [7, 11) is -3.21. The molecule has 6 nitrogen and oxygen atoms in total. The molecule has 0 radical (unpaired) electrons. The van der Waals surface area contributed by atoms with Crippen molar-refractivity contribution in [1.82, 2.24) is 10.0 Å². The third-order valence-electron chi connectivity index (χ3n) is 2.82. The molecule has 120 valence electrons. The normalized spacial score (nSPS) is 12.3. The first-order valence-corrected chi connectivity index (χ1v) is 8.10. The minimum Gasteiger partial charge on any atom is -0.348 e. The summed E-state index contributed by atoms with van der Waals surface area (Å²) in [5.74, 6) is -0.145. The van der Waals surface area contributed by atoms with Crippen LogP contribution in [0, 0.1) is 0 Å². The maximum Gasteiger partial charge on any atom is 0.251 e. The molecule has 1 rings (SSSR count). The molecule has 1 amide bonds. The molecule has 8 heteroatoms. The Morgan fingerprint density at radius 1 is 1.29 bits per heavy atom. The van der Waals surface area contributed by atoms with E-state index in [0.717, 1.165) is 5.56 Å². The minimum atomic E-state index is -3.21. The second-order valence-corrected chi connectivity index (χ2v) is 6.63. The number of nitrogens with two attached hydrogens (primary N) is 1. The van der Waals surface area contributed by atoms with Crippen LogP contribution in [0.25, 0.3) is 0 Å². The van der Waals surface area contributed by atoms with Gasteiger partial charge in [-0.15, -0.1) is 12.4 Å². The Morgan fingerprint density at radius 3 is 2.33 bits per heavy atom. The van der Waals surface area contributed by atoms with Gasteiger partial charge in [0.1, 0.15) is 0 Å². The van der Waals surface area contributed by atoms with E-state index in [1.165, 1.54) is 0 Å². The first-order valence-electron chi connectivity index (χ1n) is 6.45. The fourth-order valence-electron chi connectivity index (χ4n) is 1.44. The van der Waals surface area contributed by atoms with Crippen LogP contribution in [0.2, 0.25) is 0 Å². The summed E-state index contributed by atoms with van der Waals surface area (Å²) in [6, 6.07) is 6.68. The van der Waals surface area contributed by atoms with Crippen LogP contribution in [-0.2, 0) is 16.6 Å². The molecule has 0 unspecified atom stereocenters. The van der Waals surface area contributed by atoms with E-state index in [9.17, 15) is 13.2 Å². The topological polar surface area (TPSA) is 101 Å². The van der Waals surface area contributed by atoms with Crippen molar-refractivity contribution in [1.29, 1.82) is 0 Å². The van der Waals surface area contributed by atoms with Gasteiger partial charge in [-0.25, -0.2) is 13.1 Å². The van der Waals surface area contributed by atoms with E-state index in [4.69, 9.17) is 5.73 Å². The van der Waals surface area contributed by atoms with Crippen LogP contribution in [0.1, 0.15) is 29.8 Å². The predicted molar refractivity (Wildman–Crippen MR) is 86.0 cm³/mol. The molecule has 0 saturated carbocycles. The molecule has 4 N–H and O–H groups in total. The molecular weight excluding hydrogens is 314 g/mol. The van der Waals surface area contributed by atoms with Gasteiger partial charge in [0, 0.05) is 24.7 Å². The summed E-state index contributed by atoms with van der Waals surface area (Å²) in [5, 5.41) is 2.76. The standard InChI is InChI=1S/C13H21N3O3S.ClH/c1-3-20(18,19)15-9-11-4-6-12(7-5-11)13(17)16-10(2)8-14;/h4-7,10,15H,3,8-9,14H2,1-2H3,(H,16,17);1H/t10-;/m0./s1. The Bertz CT molecular complexity index is 546. The van der Waals surface area contributed by atoms with Crippen LogP contribution in [0.4, 0.5) is 0 Å².